The van der Waals surface area contributed by atoms with Gasteiger partial charge in [-0.25, -0.2) is 0 Å². The summed E-state index contributed by atoms with van der Waals surface area (Å²) >= 11 is 0. The van der Waals surface area contributed by atoms with E-state index >= 15 is 0 Å². The van der Waals surface area contributed by atoms with Crippen molar-refractivity contribution in [2.45, 2.75) is 19.9 Å². The van der Waals surface area contributed by atoms with E-state index in [1.807, 2.05) is 36.0 Å². The van der Waals surface area contributed by atoms with E-state index in [4.69, 9.17) is 10.5 Å². The van der Waals surface area contributed by atoms with Gasteiger partial charge in [0.25, 0.3) is 0 Å². The highest BCUT2D eigenvalue weighted by atomic mass is 16.5. The molecule has 0 spiro atoms. The number of nitrogens with one attached hydrogen (secondary N) is 1. The fourth-order valence-corrected chi connectivity index (χ4v) is 1.75. The van der Waals surface area contributed by atoms with E-state index in [9.17, 15) is 0 Å². The van der Waals surface area contributed by atoms with Crippen molar-refractivity contribution in [1.29, 1.82) is 0 Å². The molecular formula is C14H20N4O. The molecule has 0 aliphatic heterocycles. The van der Waals surface area contributed by atoms with Gasteiger partial charge < -0.3 is 15.8 Å². The van der Waals surface area contributed by atoms with Gasteiger partial charge in [-0.2, -0.15) is 5.10 Å². The molecule has 0 fully saturated rings. The zero-order valence-corrected chi connectivity index (χ0v) is 11.4. The van der Waals surface area contributed by atoms with Crippen molar-refractivity contribution in [1.82, 2.24) is 9.78 Å². The van der Waals surface area contributed by atoms with E-state index in [0.29, 0.717) is 18.8 Å². The minimum atomic E-state index is 0.666. The summed E-state index contributed by atoms with van der Waals surface area (Å²) in [7, 11) is 1.93. The molecule has 0 unspecified atom stereocenters. The molecule has 0 aliphatic carbocycles. The molecule has 102 valence electrons. The van der Waals surface area contributed by atoms with Gasteiger partial charge in [0, 0.05) is 25.0 Å². The molecule has 0 radical (unpaired) electrons. The van der Waals surface area contributed by atoms with Crippen molar-refractivity contribution < 1.29 is 4.74 Å². The second-order valence-electron chi connectivity index (χ2n) is 4.40. The Bertz CT molecular complexity index is 536. The first-order valence-corrected chi connectivity index (χ1v) is 6.43. The summed E-state index contributed by atoms with van der Waals surface area (Å²) in [6.07, 6.45) is 2.75. The van der Waals surface area contributed by atoms with Crippen molar-refractivity contribution in [2.75, 3.05) is 17.7 Å². The molecule has 1 aromatic heterocycles. The fraction of sp³-hybridized carbons (Fsp3) is 0.357. The third-order valence-corrected chi connectivity index (χ3v) is 2.87. The Morgan fingerprint density at radius 1 is 1.37 bits per heavy atom. The molecule has 0 saturated heterocycles. The monoisotopic (exact) mass is 260 g/mol. The highest BCUT2D eigenvalue weighted by Gasteiger charge is 2.03. The first-order chi connectivity index (χ1) is 9.20. The Morgan fingerprint density at radius 3 is 2.89 bits per heavy atom. The fourth-order valence-electron chi connectivity index (χ4n) is 1.75. The molecule has 2 aromatic rings. The maximum atomic E-state index is 5.88. The van der Waals surface area contributed by atoms with Gasteiger partial charge in [0.15, 0.2) is 0 Å². The summed E-state index contributed by atoms with van der Waals surface area (Å²) in [6.45, 7) is 3.46. The van der Waals surface area contributed by atoms with Crippen LogP contribution in [0.1, 0.15) is 19.0 Å². The second kappa shape index (κ2) is 6.13. The maximum absolute atomic E-state index is 5.88. The van der Waals surface area contributed by atoms with E-state index in [2.05, 4.69) is 17.3 Å². The van der Waals surface area contributed by atoms with E-state index in [1.54, 1.807) is 6.20 Å². The third-order valence-electron chi connectivity index (χ3n) is 2.87. The van der Waals surface area contributed by atoms with Gasteiger partial charge in [0.05, 0.1) is 24.5 Å². The van der Waals surface area contributed by atoms with Crippen LogP contribution < -0.4 is 15.8 Å². The van der Waals surface area contributed by atoms with E-state index in [-0.39, 0.29) is 0 Å². The molecule has 2 rings (SSSR count). The largest absolute Gasteiger partial charge is 0.491 e. The minimum Gasteiger partial charge on any atom is -0.491 e. The molecule has 0 atom stereocenters. The van der Waals surface area contributed by atoms with E-state index in [1.165, 1.54) is 0 Å². The van der Waals surface area contributed by atoms with Crippen LogP contribution in [0.3, 0.4) is 0 Å². The SMILES string of the molecule is CCCOc1cc(NCc2ccnn2C)ccc1N. The van der Waals surface area contributed by atoms with Crippen molar-refractivity contribution in [3.8, 4) is 5.75 Å². The van der Waals surface area contributed by atoms with Crippen LogP contribution >= 0.6 is 0 Å². The third kappa shape index (κ3) is 3.40. The molecule has 0 amide bonds. The standard InChI is InChI=1S/C14H20N4O/c1-3-8-19-14-9-11(4-5-13(14)15)16-10-12-6-7-17-18(12)2/h4-7,9,16H,3,8,10,15H2,1-2H3. The number of benzene rings is 1. The van der Waals surface area contributed by atoms with Crippen LogP contribution in [0.15, 0.2) is 30.5 Å². The number of rotatable bonds is 6. The molecule has 1 aromatic carbocycles. The molecule has 5 nitrogen and oxygen atoms in total. The normalized spacial score (nSPS) is 10.4. The Kier molecular flexibility index (Phi) is 4.28. The first-order valence-electron chi connectivity index (χ1n) is 6.43. The molecule has 0 bridgehead atoms. The number of nitrogen functional groups attached to an aromatic ring is 1. The quantitative estimate of drug-likeness (QED) is 0.783. The number of anilines is 2. The molecule has 5 heteroatoms. The van der Waals surface area contributed by atoms with Crippen molar-refractivity contribution in [3.05, 3.63) is 36.2 Å². The predicted molar refractivity (Wildman–Crippen MR) is 77.2 cm³/mol. The van der Waals surface area contributed by atoms with E-state index in [0.717, 1.165) is 23.6 Å². The molecular weight excluding hydrogens is 240 g/mol. The van der Waals surface area contributed by atoms with Gasteiger partial charge in [-0.3, -0.25) is 4.68 Å². The van der Waals surface area contributed by atoms with Crippen LogP contribution in [0.4, 0.5) is 11.4 Å². The number of nitrogens with two attached hydrogens (primary N) is 1. The maximum Gasteiger partial charge on any atom is 0.144 e. The Hall–Kier alpha value is -2.17. The number of ether oxygens (including phenoxy) is 1. The number of hydrogen-bond acceptors (Lipinski definition) is 4. The van der Waals surface area contributed by atoms with Crippen molar-refractivity contribution in [3.63, 3.8) is 0 Å². The summed E-state index contributed by atoms with van der Waals surface area (Å²) in [4.78, 5) is 0. The number of aryl methyl sites for hydroxylation is 1. The van der Waals surface area contributed by atoms with Gasteiger partial charge in [0.2, 0.25) is 0 Å². The minimum absolute atomic E-state index is 0.666. The van der Waals surface area contributed by atoms with Crippen molar-refractivity contribution in [2.24, 2.45) is 7.05 Å². The molecule has 0 aliphatic rings. The topological polar surface area (TPSA) is 65.1 Å². The molecule has 0 saturated carbocycles. The zero-order valence-electron chi connectivity index (χ0n) is 11.4. The van der Waals surface area contributed by atoms with Crippen LogP contribution in [0, 0.1) is 0 Å². The summed E-state index contributed by atoms with van der Waals surface area (Å²) in [5, 5.41) is 7.47. The summed E-state index contributed by atoms with van der Waals surface area (Å²) in [5.74, 6) is 0.733. The summed E-state index contributed by atoms with van der Waals surface area (Å²) < 4.78 is 7.45. The lowest BCUT2D eigenvalue weighted by Crippen LogP contribution is -2.06. The number of aromatic nitrogens is 2. The van der Waals surface area contributed by atoms with Gasteiger partial charge >= 0.3 is 0 Å². The van der Waals surface area contributed by atoms with Gasteiger partial charge in [0.1, 0.15) is 5.75 Å². The average molecular weight is 260 g/mol. The molecule has 1 heterocycles. The highest BCUT2D eigenvalue weighted by molar-refractivity contribution is 5.61. The zero-order chi connectivity index (χ0) is 13.7. The van der Waals surface area contributed by atoms with Crippen LogP contribution in [0.2, 0.25) is 0 Å². The van der Waals surface area contributed by atoms with Gasteiger partial charge in [-0.1, -0.05) is 6.92 Å². The Balaban J connectivity index is 2.02. The highest BCUT2D eigenvalue weighted by Crippen LogP contribution is 2.25. The Morgan fingerprint density at radius 2 is 2.21 bits per heavy atom. The van der Waals surface area contributed by atoms with Crippen LogP contribution in [-0.4, -0.2) is 16.4 Å². The second-order valence-corrected chi connectivity index (χ2v) is 4.40. The van der Waals surface area contributed by atoms with Crippen LogP contribution in [-0.2, 0) is 13.6 Å². The molecule has 3 N–H and O–H groups in total. The van der Waals surface area contributed by atoms with Gasteiger partial charge in [-0.05, 0) is 24.6 Å². The smallest absolute Gasteiger partial charge is 0.144 e. The lowest BCUT2D eigenvalue weighted by molar-refractivity contribution is 0.319. The first kappa shape index (κ1) is 13.3. The predicted octanol–water partition coefficient (Wildman–Crippen LogP) is 2.40. The van der Waals surface area contributed by atoms with Crippen LogP contribution in [0.5, 0.6) is 5.75 Å². The van der Waals surface area contributed by atoms with Crippen molar-refractivity contribution >= 4 is 11.4 Å². The number of nitrogens with zero attached hydrogens (tertiary/aromatic N) is 2. The lowest BCUT2D eigenvalue weighted by atomic mass is 10.2. The summed E-state index contributed by atoms with van der Waals surface area (Å²) in [6, 6.07) is 7.72. The van der Waals surface area contributed by atoms with E-state index < -0.39 is 0 Å². The Labute approximate surface area is 113 Å². The van der Waals surface area contributed by atoms with Gasteiger partial charge in [-0.15, -0.1) is 0 Å². The van der Waals surface area contributed by atoms with Crippen LogP contribution in [0.25, 0.3) is 0 Å². The lowest BCUT2D eigenvalue weighted by Gasteiger charge is -2.11. The summed E-state index contributed by atoms with van der Waals surface area (Å²) in [5.41, 5.74) is 8.65. The number of hydrogen-bond donors (Lipinski definition) is 2. The average Bonchev–Trinajstić information content (AvgIpc) is 2.82. The molecule has 19 heavy (non-hydrogen) atoms.